The lowest BCUT2D eigenvalue weighted by molar-refractivity contribution is -0.120. The Morgan fingerprint density at radius 1 is 1.07 bits per heavy atom. The standard InChI is InChI=1S/C22H21N3O.B/c23-7-1-3-14-5-6-15-10-17-12-22(13-18(17)11-16(15)9-14)19-4-2-8-24-20(19)25-21(22)26;/h2,4-6,8-11H,1,3,7,12-13,23H2,(H,24,25,26);. The molecule has 0 saturated heterocycles. The Kier molecular flexibility index (Phi) is 4.27. The van der Waals surface area contributed by atoms with Gasteiger partial charge in [-0.3, -0.25) is 4.79 Å². The lowest BCUT2D eigenvalue weighted by atomic mass is 9.79. The molecule has 0 saturated carbocycles. The van der Waals surface area contributed by atoms with Crippen LogP contribution in [0.15, 0.2) is 48.7 Å². The number of carbonyl (C=O) groups is 1. The van der Waals surface area contributed by atoms with Crippen molar-refractivity contribution >= 4 is 30.9 Å². The molecule has 1 atom stereocenters. The molecule has 2 aromatic carbocycles. The third kappa shape index (κ3) is 2.65. The van der Waals surface area contributed by atoms with Crippen molar-refractivity contribution in [3.8, 4) is 0 Å². The van der Waals surface area contributed by atoms with Gasteiger partial charge in [0.05, 0.1) is 5.41 Å². The number of nitrogens with one attached hydrogen (secondary N) is 1. The van der Waals surface area contributed by atoms with Crippen molar-refractivity contribution in [2.45, 2.75) is 31.1 Å². The highest BCUT2D eigenvalue weighted by Gasteiger charge is 2.51. The molecule has 5 heteroatoms. The van der Waals surface area contributed by atoms with Gasteiger partial charge in [0.2, 0.25) is 5.91 Å². The second-order valence-electron chi connectivity index (χ2n) is 7.48. The van der Waals surface area contributed by atoms with Gasteiger partial charge in [-0.05, 0) is 65.8 Å². The topological polar surface area (TPSA) is 68.0 Å². The third-order valence-corrected chi connectivity index (χ3v) is 5.87. The number of aromatic nitrogens is 1. The number of fused-ring (bicyclic) bond motifs is 4. The van der Waals surface area contributed by atoms with Crippen molar-refractivity contribution < 1.29 is 4.79 Å². The average Bonchev–Trinajstić information content (AvgIpc) is 3.16. The van der Waals surface area contributed by atoms with Crippen LogP contribution in [-0.2, 0) is 29.5 Å². The van der Waals surface area contributed by atoms with Crippen molar-refractivity contribution in [3.05, 3.63) is 70.9 Å². The molecule has 133 valence electrons. The van der Waals surface area contributed by atoms with Crippen LogP contribution in [0, 0.1) is 0 Å². The summed E-state index contributed by atoms with van der Waals surface area (Å²) in [5, 5.41) is 5.47. The number of hydrogen-bond donors (Lipinski definition) is 2. The smallest absolute Gasteiger partial charge is 0.237 e. The number of benzene rings is 2. The van der Waals surface area contributed by atoms with Gasteiger partial charge in [-0.15, -0.1) is 0 Å². The second kappa shape index (κ2) is 6.50. The number of anilines is 1. The first-order valence-corrected chi connectivity index (χ1v) is 9.21. The summed E-state index contributed by atoms with van der Waals surface area (Å²) in [4.78, 5) is 17.2. The Bertz CT molecular complexity index is 1050. The molecule has 0 fully saturated rings. The molecule has 1 unspecified atom stereocenters. The zero-order valence-corrected chi connectivity index (χ0v) is 15.2. The summed E-state index contributed by atoms with van der Waals surface area (Å²) in [5.74, 6) is 0.800. The van der Waals surface area contributed by atoms with E-state index in [0.29, 0.717) is 6.54 Å². The monoisotopic (exact) mass is 354 g/mol. The van der Waals surface area contributed by atoms with Gasteiger partial charge in [0, 0.05) is 20.2 Å². The fraction of sp³-hybridized carbons (Fsp3) is 0.273. The van der Waals surface area contributed by atoms with Crippen molar-refractivity contribution in [2.75, 3.05) is 11.9 Å². The lowest BCUT2D eigenvalue weighted by Gasteiger charge is -2.20. The van der Waals surface area contributed by atoms with Gasteiger partial charge in [0.1, 0.15) is 5.82 Å². The van der Waals surface area contributed by atoms with E-state index in [-0.39, 0.29) is 14.3 Å². The highest BCUT2D eigenvalue weighted by Crippen LogP contribution is 2.47. The molecule has 2 aliphatic rings. The van der Waals surface area contributed by atoms with Gasteiger partial charge in [-0.25, -0.2) is 4.98 Å². The van der Waals surface area contributed by atoms with E-state index in [1.807, 2.05) is 12.1 Å². The third-order valence-electron chi connectivity index (χ3n) is 5.87. The zero-order valence-electron chi connectivity index (χ0n) is 15.2. The summed E-state index contributed by atoms with van der Waals surface area (Å²) in [7, 11) is 0. The highest BCUT2D eigenvalue weighted by molar-refractivity contribution is 6.06. The van der Waals surface area contributed by atoms with Crippen LogP contribution in [0.2, 0.25) is 0 Å². The molecule has 0 bridgehead atoms. The Morgan fingerprint density at radius 2 is 1.85 bits per heavy atom. The number of nitrogens with zero attached hydrogens (tertiary/aromatic N) is 1. The van der Waals surface area contributed by atoms with E-state index in [1.54, 1.807) is 6.20 Å². The minimum absolute atomic E-state index is 0. The van der Waals surface area contributed by atoms with E-state index in [1.165, 1.54) is 27.5 Å². The first-order chi connectivity index (χ1) is 12.7. The molecule has 27 heavy (non-hydrogen) atoms. The Morgan fingerprint density at radius 3 is 2.63 bits per heavy atom. The van der Waals surface area contributed by atoms with E-state index in [4.69, 9.17) is 5.73 Å². The fourth-order valence-corrected chi connectivity index (χ4v) is 4.54. The van der Waals surface area contributed by atoms with E-state index >= 15 is 0 Å². The van der Waals surface area contributed by atoms with Gasteiger partial charge in [0.25, 0.3) is 0 Å². The first-order valence-electron chi connectivity index (χ1n) is 9.21. The van der Waals surface area contributed by atoms with Gasteiger partial charge in [0.15, 0.2) is 0 Å². The van der Waals surface area contributed by atoms with Crippen molar-refractivity contribution in [1.29, 1.82) is 0 Å². The molecular formula is C22H21BN3O. The predicted molar refractivity (Wildman–Crippen MR) is 109 cm³/mol. The maximum Gasteiger partial charge on any atom is 0.237 e. The maximum atomic E-state index is 12.8. The molecule has 1 aromatic heterocycles. The van der Waals surface area contributed by atoms with Crippen LogP contribution < -0.4 is 11.1 Å². The SMILES string of the molecule is NCCCc1ccc2cc3c(cc2c1)CC1(C3)C(=O)Nc2ncccc21.[B]. The van der Waals surface area contributed by atoms with Crippen LogP contribution in [0.4, 0.5) is 5.82 Å². The van der Waals surface area contributed by atoms with Crippen LogP contribution >= 0.6 is 0 Å². The van der Waals surface area contributed by atoms with Crippen molar-refractivity contribution in [1.82, 2.24) is 4.98 Å². The molecule has 5 rings (SSSR count). The van der Waals surface area contributed by atoms with Crippen LogP contribution in [0.3, 0.4) is 0 Å². The molecule has 1 spiro atoms. The van der Waals surface area contributed by atoms with Crippen molar-refractivity contribution in [2.24, 2.45) is 5.73 Å². The number of pyridine rings is 1. The van der Waals surface area contributed by atoms with E-state index in [9.17, 15) is 4.79 Å². The van der Waals surface area contributed by atoms with Crippen molar-refractivity contribution in [3.63, 3.8) is 0 Å². The molecule has 1 aliphatic carbocycles. The van der Waals surface area contributed by atoms with E-state index in [2.05, 4.69) is 40.6 Å². The zero-order chi connectivity index (χ0) is 17.7. The van der Waals surface area contributed by atoms with E-state index < -0.39 is 5.41 Å². The van der Waals surface area contributed by atoms with Crippen LogP contribution in [0.25, 0.3) is 10.8 Å². The number of aryl methyl sites for hydroxylation is 1. The highest BCUT2D eigenvalue weighted by atomic mass is 16.2. The summed E-state index contributed by atoms with van der Waals surface area (Å²) in [6.45, 7) is 0.716. The number of amides is 1. The summed E-state index contributed by atoms with van der Waals surface area (Å²) < 4.78 is 0. The first kappa shape index (κ1) is 17.7. The number of rotatable bonds is 3. The lowest BCUT2D eigenvalue weighted by Crippen LogP contribution is -2.35. The van der Waals surface area contributed by atoms with Crippen LogP contribution in [0.5, 0.6) is 0 Å². The van der Waals surface area contributed by atoms with E-state index in [0.717, 1.165) is 37.1 Å². The fourth-order valence-electron chi connectivity index (χ4n) is 4.54. The molecule has 2 heterocycles. The largest absolute Gasteiger partial charge is 0.330 e. The number of hydrogen-bond acceptors (Lipinski definition) is 3. The molecule has 1 amide bonds. The van der Waals surface area contributed by atoms with Crippen LogP contribution in [0.1, 0.15) is 28.7 Å². The summed E-state index contributed by atoms with van der Waals surface area (Å²) >= 11 is 0. The summed E-state index contributed by atoms with van der Waals surface area (Å²) in [5.41, 5.74) is 10.1. The molecule has 1 aliphatic heterocycles. The average molecular weight is 354 g/mol. The minimum atomic E-state index is -0.494. The predicted octanol–water partition coefficient (Wildman–Crippen LogP) is 2.73. The molecule has 3 radical (unpaired) electrons. The molecular weight excluding hydrogens is 333 g/mol. The van der Waals surface area contributed by atoms with Gasteiger partial charge >= 0.3 is 0 Å². The van der Waals surface area contributed by atoms with Gasteiger partial charge in [-0.1, -0.05) is 36.4 Å². The number of carbonyl (C=O) groups excluding carboxylic acids is 1. The van der Waals surface area contributed by atoms with Gasteiger partial charge in [-0.2, -0.15) is 0 Å². The minimum Gasteiger partial charge on any atom is -0.330 e. The maximum absolute atomic E-state index is 12.8. The van der Waals surface area contributed by atoms with Crippen LogP contribution in [-0.4, -0.2) is 25.8 Å². The number of nitrogens with two attached hydrogens (primary N) is 1. The second-order valence-corrected chi connectivity index (χ2v) is 7.48. The quantitative estimate of drug-likeness (QED) is 0.711. The molecule has 4 nitrogen and oxygen atoms in total. The normalized spacial score (nSPS) is 19.7. The molecule has 3 N–H and O–H groups in total. The Labute approximate surface area is 160 Å². The molecule has 3 aromatic rings. The Hall–Kier alpha value is -2.66. The summed E-state index contributed by atoms with van der Waals surface area (Å²) in [6.07, 6.45) is 5.24. The van der Waals surface area contributed by atoms with Gasteiger partial charge < -0.3 is 11.1 Å². The Balaban J connectivity index is 0.00000180. The summed E-state index contributed by atoms with van der Waals surface area (Å²) in [6, 6.07) is 15.1.